The molecule has 3 saturated heterocycles. The number of nitrogens with one attached hydrogen (secondary N) is 9. The summed E-state index contributed by atoms with van der Waals surface area (Å²) in [6.45, 7) is 15.6. The second kappa shape index (κ2) is 34.9. The molecule has 0 radical (unpaired) electrons. The van der Waals surface area contributed by atoms with Gasteiger partial charge in [0.1, 0.15) is 60.4 Å². The molecule has 0 bridgehead atoms. The molecule has 90 heavy (non-hydrogen) atoms. The van der Waals surface area contributed by atoms with Crippen LogP contribution in [-0.4, -0.2) is 155 Å². The molecule has 13 N–H and O–H groups in total. The van der Waals surface area contributed by atoms with E-state index in [2.05, 4.69) is 47.9 Å². The predicted molar refractivity (Wildman–Crippen MR) is 344 cm³/mol. The summed E-state index contributed by atoms with van der Waals surface area (Å²) in [6, 6.07) is 14.4. The third-order valence-corrected chi connectivity index (χ3v) is 16.8. The van der Waals surface area contributed by atoms with Gasteiger partial charge in [-0.25, -0.2) is 0 Å². The van der Waals surface area contributed by atoms with E-state index in [9.17, 15) is 43.2 Å². The van der Waals surface area contributed by atoms with Crippen LogP contribution in [-0.2, 0) is 67.3 Å². The van der Waals surface area contributed by atoms with Crippen LogP contribution in [0.5, 0.6) is 0 Å². The second-order valence-electron chi connectivity index (χ2n) is 25.8. The van der Waals surface area contributed by atoms with Gasteiger partial charge < -0.3 is 69.1 Å². The first-order valence-electron chi connectivity index (χ1n) is 32.3. The van der Waals surface area contributed by atoms with Gasteiger partial charge in [0, 0.05) is 38.2 Å². The summed E-state index contributed by atoms with van der Waals surface area (Å²) in [5, 5.41) is 26.4. The fraction of sp³-hybridized carbons (Fsp3) is 0.582. The van der Waals surface area contributed by atoms with Crippen molar-refractivity contribution < 1.29 is 47.9 Å². The van der Waals surface area contributed by atoms with Crippen molar-refractivity contribution >= 4 is 64.8 Å². The zero-order chi connectivity index (χ0) is 65.6. The Morgan fingerprint density at radius 1 is 0.422 bits per heavy atom. The van der Waals surface area contributed by atoms with Gasteiger partial charge in [0.2, 0.25) is 59.1 Å². The molecule has 3 fully saturated rings. The zero-order valence-corrected chi connectivity index (χ0v) is 53.8. The van der Waals surface area contributed by atoms with Crippen LogP contribution in [0.25, 0.3) is 0 Å². The molecule has 3 aromatic carbocycles. The third kappa shape index (κ3) is 20.8. The van der Waals surface area contributed by atoms with E-state index < -0.39 is 131 Å². The van der Waals surface area contributed by atoms with Crippen LogP contribution in [0.1, 0.15) is 136 Å². The van der Waals surface area contributed by atoms with Gasteiger partial charge in [-0.2, -0.15) is 0 Å². The van der Waals surface area contributed by atoms with Crippen LogP contribution < -0.4 is 59.3 Å². The molecule has 0 unspecified atom stereocenters. The minimum Gasteiger partial charge on any atom is -0.381 e. The molecule has 0 spiro atoms. The summed E-state index contributed by atoms with van der Waals surface area (Å²) >= 11 is 0. The van der Waals surface area contributed by atoms with Crippen LogP contribution >= 0.6 is 0 Å². The van der Waals surface area contributed by atoms with E-state index in [1.54, 1.807) is 52.0 Å². The number of benzene rings is 3. The monoisotopic (exact) mass is 1250 g/mol. The topological polar surface area (TPSA) is 337 Å². The number of nitrogens with two attached hydrogens (primary N) is 2. The highest BCUT2D eigenvalue weighted by Crippen LogP contribution is 2.24. The van der Waals surface area contributed by atoms with Gasteiger partial charge in [-0.05, 0) is 130 Å². The van der Waals surface area contributed by atoms with E-state index in [1.807, 2.05) is 88.4 Å². The minimum absolute atomic E-state index is 0.0156. The smallest absolute Gasteiger partial charge is 0.246 e. The average molecular weight is 1250 g/mol. The number of rotatable bonds is 19. The summed E-state index contributed by atoms with van der Waals surface area (Å²) in [4.78, 5) is 150. The van der Waals surface area contributed by atoms with Crippen molar-refractivity contribution in [2.45, 2.75) is 199 Å². The number of fused-ring (bicyclic) bond motifs is 2. The van der Waals surface area contributed by atoms with Crippen LogP contribution in [0.15, 0.2) is 84.9 Å². The fourth-order valence-electron chi connectivity index (χ4n) is 11.8. The van der Waals surface area contributed by atoms with Crippen molar-refractivity contribution in [1.29, 1.82) is 0 Å². The van der Waals surface area contributed by atoms with Gasteiger partial charge in [-0.3, -0.25) is 47.9 Å². The van der Waals surface area contributed by atoms with E-state index in [0.29, 0.717) is 43.4 Å². The van der Waals surface area contributed by atoms with Crippen molar-refractivity contribution in [3.63, 3.8) is 0 Å². The Morgan fingerprint density at radius 2 is 0.778 bits per heavy atom. The number of carbonyl (C=O) groups is 10. The molecule has 3 aromatic rings. The van der Waals surface area contributed by atoms with Crippen LogP contribution in [0, 0.1) is 23.7 Å². The molecule has 0 aromatic heterocycles. The second-order valence-corrected chi connectivity index (χ2v) is 25.8. The van der Waals surface area contributed by atoms with Crippen LogP contribution in [0.3, 0.4) is 0 Å². The lowest BCUT2D eigenvalue weighted by Gasteiger charge is -2.33. The molecule has 6 rings (SSSR count). The van der Waals surface area contributed by atoms with E-state index >= 15 is 4.79 Å². The van der Waals surface area contributed by atoms with Crippen molar-refractivity contribution in [1.82, 2.24) is 52.3 Å². The number of anilines is 1. The number of amides is 10. The van der Waals surface area contributed by atoms with Gasteiger partial charge in [0.05, 0.1) is 0 Å². The van der Waals surface area contributed by atoms with Gasteiger partial charge in [0.25, 0.3) is 0 Å². The molecule has 3 aliphatic rings. The highest BCUT2D eigenvalue weighted by molar-refractivity contribution is 6.00. The molecule has 3 aliphatic heterocycles. The summed E-state index contributed by atoms with van der Waals surface area (Å²) in [5.41, 5.74) is 15.2. The van der Waals surface area contributed by atoms with Crippen molar-refractivity contribution in [3.8, 4) is 0 Å². The lowest BCUT2D eigenvalue weighted by Crippen LogP contribution is -2.62. The van der Waals surface area contributed by atoms with Crippen molar-refractivity contribution in [2.24, 2.45) is 35.1 Å². The lowest BCUT2D eigenvalue weighted by molar-refractivity contribution is -0.143. The fourth-order valence-corrected chi connectivity index (χ4v) is 11.8. The van der Waals surface area contributed by atoms with Gasteiger partial charge in [-0.1, -0.05) is 128 Å². The summed E-state index contributed by atoms with van der Waals surface area (Å²) < 4.78 is 0. The Kier molecular flexibility index (Phi) is 27.6. The Bertz CT molecular complexity index is 2890. The lowest BCUT2D eigenvalue weighted by atomic mass is 9.98. The first kappa shape index (κ1) is 71.2. The number of carbonyl (C=O) groups excluding carboxylic acids is 10. The van der Waals surface area contributed by atoms with E-state index in [0.717, 1.165) is 11.3 Å². The molecule has 492 valence electrons. The first-order valence-corrected chi connectivity index (χ1v) is 32.3. The van der Waals surface area contributed by atoms with Crippen molar-refractivity contribution in [3.05, 3.63) is 102 Å². The molecular formula is C67H99N13O10. The highest BCUT2D eigenvalue weighted by atomic mass is 16.2. The largest absolute Gasteiger partial charge is 0.381 e. The summed E-state index contributed by atoms with van der Waals surface area (Å²) in [7, 11) is 0. The van der Waals surface area contributed by atoms with E-state index in [1.165, 1.54) is 9.80 Å². The van der Waals surface area contributed by atoms with Gasteiger partial charge in [0.15, 0.2) is 0 Å². The Hall–Kier alpha value is -7.92. The summed E-state index contributed by atoms with van der Waals surface area (Å²) in [6.07, 6.45) is 2.30. The molecular weight excluding hydrogens is 1150 g/mol. The van der Waals surface area contributed by atoms with Crippen molar-refractivity contribution in [2.75, 3.05) is 31.5 Å². The Morgan fingerprint density at radius 3 is 1.16 bits per heavy atom. The predicted octanol–water partition coefficient (Wildman–Crippen LogP) is 2.84. The van der Waals surface area contributed by atoms with E-state index in [-0.39, 0.29) is 89.4 Å². The molecule has 23 heteroatoms. The normalized spacial score (nSPS) is 25.2. The zero-order valence-electron chi connectivity index (χ0n) is 53.8. The number of hydrogen-bond acceptors (Lipinski definition) is 13. The summed E-state index contributed by atoms with van der Waals surface area (Å²) in [5.74, 6) is -7.89. The average Bonchev–Trinajstić information content (AvgIpc) is 1.81. The molecule has 0 saturated carbocycles. The Labute approximate surface area is 530 Å². The third-order valence-electron chi connectivity index (χ3n) is 16.8. The van der Waals surface area contributed by atoms with Gasteiger partial charge >= 0.3 is 0 Å². The number of hydrogen-bond donors (Lipinski definition) is 11. The first-order chi connectivity index (χ1) is 43.0. The SMILES string of the molecule is CC(C)C[C@@H]1NC(=O)[C@H](CCCN)NC(=O)[C@H](C(C)C)NC(=O)[C@@H]2CCCN2C(=O)[C@H](Cc2ccccc2)NC(=O)[C@H](CC(C)C)NC(=O)[C@H](CCCN)NC(=O)[C@H](C(C)C)NC(=O)[C@@H]2CCCN2C(=O)[C@H](Cc2ccc(NCc3ccccc3)cc2)NC1=O. The van der Waals surface area contributed by atoms with Crippen LogP contribution in [0.4, 0.5) is 5.69 Å². The Balaban J connectivity index is 1.39. The highest BCUT2D eigenvalue weighted by Gasteiger charge is 2.43. The molecule has 0 aliphatic carbocycles. The molecule has 3 heterocycles. The van der Waals surface area contributed by atoms with Gasteiger partial charge in [-0.15, -0.1) is 0 Å². The number of nitrogens with zero attached hydrogens (tertiary/aromatic N) is 2. The molecule has 23 nitrogen and oxygen atoms in total. The standard InChI is InChI=1S/C67H99N13O10/c1-40(2)35-50-60(83)75-52(37-44-19-11-9-12-20-44)66(89)79-33-17-25-54(79)62(85)77-56(42(5)6)64(87)72-49(24-16-32-69)59(82)74-51(36-41(3)4)61(84)76-53(38-45-27-29-47(30-28-45)70-39-46-21-13-10-14-22-46)67(90)80-34-18-26-55(80)63(86)78-57(43(7)8)65(88)71-48(23-15-31-68)58(81)73-50/h9-14,19-22,27-30,40-43,48-57,70H,15-18,23-26,31-39,68-69H2,1-8H3,(H,71,88)(H,72,87)(H,73,81)(H,74,82)(H,75,83)(H,76,84)(H,77,85)(H,78,86)/t48-,49-,50-,51-,52-,53-,54-,55-,56-,57-/m0/s1. The molecule has 10 atom stereocenters. The maximum atomic E-state index is 15.2. The maximum absolute atomic E-state index is 15.2. The van der Waals surface area contributed by atoms with E-state index in [4.69, 9.17) is 11.5 Å². The van der Waals surface area contributed by atoms with Crippen LogP contribution in [0.2, 0.25) is 0 Å². The maximum Gasteiger partial charge on any atom is 0.246 e. The quantitative estimate of drug-likeness (QED) is 0.0824. The minimum atomic E-state index is -1.27. The molecule has 10 amide bonds.